The molecule has 0 aliphatic carbocycles. The van der Waals surface area contributed by atoms with Gasteiger partial charge in [-0.25, -0.2) is 0 Å². The van der Waals surface area contributed by atoms with E-state index in [1.54, 1.807) is 0 Å². The summed E-state index contributed by atoms with van der Waals surface area (Å²) in [6.45, 7) is 0.630. The predicted octanol–water partition coefficient (Wildman–Crippen LogP) is 0.843. The average molecular weight is 257 g/mol. The molecule has 0 aromatic carbocycles. The van der Waals surface area contributed by atoms with Crippen LogP contribution in [0.1, 0.15) is 44.9 Å². The quantitative estimate of drug-likeness (QED) is 0.543. The highest BCUT2D eigenvalue weighted by atomic mass is 16.5. The zero-order valence-corrected chi connectivity index (χ0v) is 10.3. The van der Waals surface area contributed by atoms with Gasteiger partial charge < -0.3 is 15.2 Å². The molecule has 1 rings (SSSR count). The van der Waals surface area contributed by atoms with Gasteiger partial charge in [0.15, 0.2) is 6.10 Å². The third-order valence-corrected chi connectivity index (χ3v) is 2.78. The van der Waals surface area contributed by atoms with Crippen LogP contribution in [-0.4, -0.2) is 35.6 Å². The molecule has 1 unspecified atom stereocenters. The number of rotatable bonds is 6. The molecule has 1 saturated heterocycles. The molecule has 0 aromatic heterocycles. The summed E-state index contributed by atoms with van der Waals surface area (Å²) in [5.41, 5.74) is 0. The molecule has 18 heavy (non-hydrogen) atoms. The van der Waals surface area contributed by atoms with Crippen molar-refractivity contribution in [3.8, 4) is 0 Å². The number of ether oxygens (including phenoxy) is 1. The van der Waals surface area contributed by atoms with Gasteiger partial charge in [-0.1, -0.05) is 0 Å². The molecule has 1 amide bonds. The maximum absolute atomic E-state index is 11.5. The number of esters is 1. The summed E-state index contributed by atoms with van der Waals surface area (Å²) in [5, 5.41) is 11.1. The molecule has 6 heteroatoms. The van der Waals surface area contributed by atoms with Crippen molar-refractivity contribution in [1.29, 1.82) is 0 Å². The number of unbranched alkanes of at least 4 members (excludes halogenated alkanes) is 1. The van der Waals surface area contributed by atoms with Crippen molar-refractivity contribution in [2.24, 2.45) is 0 Å². The molecule has 0 radical (unpaired) electrons. The number of hydrogen-bond acceptors (Lipinski definition) is 4. The van der Waals surface area contributed by atoms with E-state index >= 15 is 0 Å². The van der Waals surface area contributed by atoms with Crippen molar-refractivity contribution in [2.45, 2.75) is 51.0 Å². The van der Waals surface area contributed by atoms with Crippen molar-refractivity contribution in [1.82, 2.24) is 5.32 Å². The smallest absolute Gasteiger partial charge is 0.306 e. The van der Waals surface area contributed by atoms with Gasteiger partial charge in [-0.2, -0.15) is 0 Å². The van der Waals surface area contributed by atoms with Gasteiger partial charge in [0.2, 0.25) is 0 Å². The Bertz CT molecular complexity index is 316. The molecule has 2 N–H and O–H groups in total. The second kappa shape index (κ2) is 7.68. The molecule has 1 aliphatic rings. The second-order valence-electron chi connectivity index (χ2n) is 4.37. The first-order valence-corrected chi connectivity index (χ1v) is 6.28. The van der Waals surface area contributed by atoms with E-state index in [4.69, 9.17) is 9.84 Å². The van der Waals surface area contributed by atoms with E-state index < -0.39 is 18.0 Å². The van der Waals surface area contributed by atoms with Gasteiger partial charge in [-0.15, -0.1) is 0 Å². The number of carboxylic acids is 1. The van der Waals surface area contributed by atoms with Gasteiger partial charge in [0.05, 0.1) is 0 Å². The number of nitrogens with one attached hydrogen (secondary N) is 1. The minimum atomic E-state index is -0.869. The predicted molar refractivity (Wildman–Crippen MR) is 62.8 cm³/mol. The van der Waals surface area contributed by atoms with Crippen molar-refractivity contribution in [3.05, 3.63) is 0 Å². The van der Waals surface area contributed by atoms with Crippen molar-refractivity contribution in [3.63, 3.8) is 0 Å². The van der Waals surface area contributed by atoms with Crippen molar-refractivity contribution >= 4 is 17.8 Å². The van der Waals surface area contributed by atoms with Crippen molar-refractivity contribution in [2.75, 3.05) is 6.54 Å². The summed E-state index contributed by atoms with van der Waals surface area (Å²) in [5.74, 6) is -1.53. The minimum absolute atomic E-state index is 0.0528. The number of carbonyl (C=O) groups is 3. The third-order valence-electron chi connectivity index (χ3n) is 2.78. The SMILES string of the molecule is O=C(O)CCCCC(=O)OC1CCCCNC1=O. The summed E-state index contributed by atoms with van der Waals surface area (Å²) in [4.78, 5) is 33.2. The molecule has 0 bridgehead atoms. The fourth-order valence-corrected chi connectivity index (χ4v) is 1.79. The molecule has 1 atom stereocenters. The summed E-state index contributed by atoms with van der Waals surface area (Å²) in [6.07, 6.45) is 2.77. The fourth-order valence-electron chi connectivity index (χ4n) is 1.79. The normalized spacial score (nSPS) is 19.8. The Morgan fingerprint density at radius 3 is 2.72 bits per heavy atom. The van der Waals surface area contributed by atoms with Gasteiger partial charge >= 0.3 is 11.9 Å². The summed E-state index contributed by atoms with van der Waals surface area (Å²) in [7, 11) is 0. The van der Waals surface area contributed by atoms with E-state index in [1.807, 2.05) is 0 Å². The zero-order chi connectivity index (χ0) is 13.4. The number of carbonyl (C=O) groups excluding carboxylic acids is 2. The van der Waals surface area contributed by atoms with Gasteiger partial charge in [0, 0.05) is 19.4 Å². The highest BCUT2D eigenvalue weighted by Gasteiger charge is 2.24. The highest BCUT2D eigenvalue weighted by Crippen LogP contribution is 2.11. The van der Waals surface area contributed by atoms with Crippen LogP contribution in [0.2, 0.25) is 0 Å². The maximum Gasteiger partial charge on any atom is 0.306 e. The maximum atomic E-state index is 11.5. The first kappa shape index (κ1) is 14.5. The van der Waals surface area contributed by atoms with E-state index in [0.717, 1.165) is 12.8 Å². The third kappa shape index (κ3) is 5.65. The van der Waals surface area contributed by atoms with Crippen LogP contribution in [0.25, 0.3) is 0 Å². The minimum Gasteiger partial charge on any atom is -0.481 e. The van der Waals surface area contributed by atoms with Crippen LogP contribution < -0.4 is 5.32 Å². The molecule has 1 aliphatic heterocycles. The van der Waals surface area contributed by atoms with Gasteiger partial charge in [-0.3, -0.25) is 14.4 Å². The van der Waals surface area contributed by atoms with E-state index in [9.17, 15) is 14.4 Å². The lowest BCUT2D eigenvalue weighted by molar-refractivity contribution is -0.156. The van der Waals surface area contributed by atoms with Crippen LogP contribution in [0.15, 0.2) is 0 Å². The molecule has 0 spiro atoms. The van der Waals surface area contributed by atoms with Gasteiger partial charge in [-0.05, 0) is 32.1 Å². The summed E-state index contributed by atoms with van der Waals surface area (Å²) >= 11 is 0. The summed E-state index contributed by atoms with van der Waals surface area (Å²) < 4.78 is 5.09. The van der Waals surface area contributed by atoms with Crippen LogP contribution >= 0.6 is 0 Å². The Kier molecular flexibility index (Phi) is 6.18. The molecular weight excluding hydrogens is 238 g/mol. The Balaban J connectivity index is 2.21. The lowest BCUT2D eigenvalue weighted by Gasteiger charge is -2.14. The van der Waals surface area contributed by atoms with Gasteiger partial charge in [0.1, 0.15) is 0 Å². The second-order valence-corrected chi connectivity index (χ2v) is 4.37. The van der Waals surface area contributed by atoms with Crippen LogP contribution in [0, 0.1) is 0 Å². The Hall–Kier alpha value is -1.59. The van der Waals surface area contributed by atoms with E-state index in [2.05, 4.69) is 5.32 Å². The Morgan fingerprint density at radius 2 is 2.00 bits per heavy atom. The number of hydrogen-bond donors (Lipinski definition) is 2. The number of carboxylic acid groups (broad SMARTS) is 1. The molecule has 6 nitrogen and oxygen atoms in total. The first-order valence-electron chi connectivity index (χ1n) is 6.28. The van der Waals surface area contributed by atoms with E-state index in [-0.39, 0.29) is 18.7 Å². The Morgan fingerprint density at radius 1 is 1.28 bits per heavy atom. The highest BCUT2D eigenvalue weighted by molar-refractivity contribution is 5.83. The van der Waals surface area contributed by atoms with Gasteiger partial charge in [0.25, 0.3) is 5.91 Å². The molecule has 0 aromatic rings. The molecule has 1 heterocycles. The van der Waals surface area contributed by atoms with Crippen molar-refractivity contribution < 1.29 is 24.2 Å². The number of aliphatic carboxylic acids is 1. The number of amides is 1. The van der Waals surface area contributed by atoms with Crippen LogP contribution in [0.4, 0.5) is 0 Å². The van der Waals surface area contributed by atoms with E-state index in [1.165, 1.54) is 0 Å². The summed E-state index contributed by atoms with van der Waals surface area (Å²) in [6, 6.07) is 0. The lowest BCUT2D eigenvalue weighted by atomic mass is 10.1. The zero-order valence-electron chi connectivity index (χ0n) is 10.3. The molecule has 0 saturated carbocycles. The fraction of sp³-hybridized carbons (Fsp3) is 0.750. The topological polar surface area (TPSA) is 92.7 Å². The standard InChI is InChI=1S/C12H19NO5/c14-10(15)6-1-2-7-11(16)18-9-5-3-4-8-13-12(9)17/h9H,1-8H2,(H,13,17)(H,14,15). The largest absolute Gasteiger partial charge is 0.481 e. The lowest BCUT2D eigenvalue weighted by Crippen LogP contribution is -2.35. The van der Waals surface area contributed by atoms with Crippen LogP contribution in [0.5, 0.6) is 0 Å². The van der Waals surface area contributed by atoms with Crippen LogP contribution in [0.3, 0.4) is 0 Å². The molecular formula is C12H19NO5. The monoisotopic (exact) mass is 257 g/mol. The van der Waals surface area contributed by atoms with Crippen LogP contribution in [-0.2, 0) is 19.1 Å². The Labute approximate surface area is 106 Å². The average Bonchev–Trinajstić information content (AvgIpc) is 2.50. The molecule has 1 fully saturated rings. The molecule has 102 valence electrons. The first-order chi connectivity index (χ1) is 8.59. The van der Waals surface area contributed by atoms with E-state index in [0.29, 0.717) is 25.8 Å².